The van der Waals surface area contributed by atoms with Gasteiger partial charge in [0.2, 0.25) is 0 Å². The Kier molecular flexibility index (Phi) is 5.36. The summed E-state index contributed by atoms with van der Waals surface area (Å²) in [5.74, 6) is -0.278. The van der Waals surface area contributed by atoms with Crippen molar-refractivity contribution in [3.8, 4) is 0 Å². The summed E-state index contributed by atoms with van der Waals surface area (Å²) in [4.78, 5) is 12.5. The Hall–Kier alpha value is -1.40. The largest absolute Gasteiger partial charge is 0.366 e. The van der Waals surface area contributed by atoms with E-state index in [0.29, 0.717) is 18.2 Å². The first-order valence-corrected chi connectivity index (χ1v) is 7.49. The molecule has 2 rings (SSSR count). The van der Waals surface area contributed by atoms with Crippen molar-refractivity contribution in [3.63, 3.8) is 0 Å². The molecule has 0 aliphatic carbocycles. The highest BCUT2D eigenvalue weighted by molar-refractivity contribution is 6.31. The fourth-order valence-corrected chi connectivity index (χ4v) is 2.86. The molecular formula is C14H19ClFN3O2. The van der Waals surface area contributed by atoms with Crippen LogP contribution >= 0.6 is 11.6 Å². The number of nitrogens with one attached hydrogen (secondary N) is 1. The van der Waals surface area contributed by atoms with Crippen LogP contribution in [0.25, 0.3) is 0 Å². The van der Waals surface area contributed by atoms with E-state index in [-0.39, 0.29) is 10.7 Å². The molecule has 1 aliphatic rings. The Morgan fingerprint density at radius 2 is 2.14 bits per heavy atom. The van der Waals surface area contributed by atoms with Crippen molar-refractivity contribution in [1.29, 1.82) is 0 Å². The smallest absolute Gasteiger partial charge is 0.295 e. The van der Waals surface area contributed by atoms with Gasteiger partial charge >= 0.3 is 0 Å². The molecule has 1 heterocycles. The Labute approximate surface area is 128 Å². The number of halogens is 2. The molecule has 1 aliphatic heterocycles. The van der Waals surface area contributed by atoms with E-state index in [2.05, 4.69) is 5.32 Å². The highest BCUT2D eigenvalue weighted by atomic mass is 35.5. The Morgan fingerprint density at radius 3 is 2.71 bits per heavy atom. The minimum atomic E-state index is -0.759. The summed E-state index contributed by atoms with van der Waals surface area (Å²) >= 11 is 5.80. The van der Waals surface area contributed by atoms with Gasteiger partial charge in [-0.2, -0.15) is 0 Å². The van der Waals surface area contributed by atoms with Crippen LogP contribution < -0.4 is 10.2 Å². The molecule has 0 bridgehead atoms. The molecule has 0 atom stereocenters. The topological polar surface area (TPSA) is 58.4 Å². The Morgan fingerprint density at radius 1 is 1.48 bits per heavy atom. The van der Waals surface area contributed by atoms with E-state index in [9.17, 15) is 14.5 Å². The zero-order valence-electron chi connectivity index (χ0n) is 11.9. The molecule has 1 fully saturated rings. The number of hydrogen-bond donors (Lipinski definition) is 1. The van der Waals surface area contributed by atoms with Crippen LogP contribution in [0.3, 0.4) is 0 Å². The third kappa shape index (κ3) is 3.83. The van der Waals surface area contributed by atoms with Crippen LogP contribution in [0, 0.1) is 21.8 Å². The van der Waals surface area contributed by atoms with E-state index in [1.807, 2.05) is 11.8 Å². The Bertz CT molecular complexity index is 521. The lowest BCUT2D eigenvalue weighted by Crippen LogP contribution is -2.36. The number of nitrogens with zero attached hydrogens (tertiary/aromatic N) is 2. The standard InChI is InChI=1S/C14H19ClFN3O2/c1-2-18(9-10-3-5-17-6-4-10)13-7-11(15)12(16)8-14(13)19(20)21/h7-8,10,17H,2-6,9H2,1H3. The normalized spacial score (nSPS) is 16.0. The lowest BCUT2D eigenvalue weighted by atomic mass is 9.97. The van der Waals surface area contributed by atoms with Crippen molar-refractivity contribution in [2.24, 2.45) is 5.92 Å². The van der Waals surface area contributed by atoms with Gasteiger partial charge < -0.3 is 10.2 Å². The first kappa shape index (κ1) is 16.0. The summed E-state index contributed by atoms with van der Waals surface area (Å²) in [6.45, 7) is 5.21. The number of benzene rings is 1. The molecule has 1 N–H and O–H groups in total. The van der Waals surface area contributed by atoms with Crippen LogP contribution in [0.5, 0.6) is 0 Å². The number of nitro groups is 1. The number of piperidine rings is 1. The lowest BCUT2D eigenvalue weighted by Gasteiger charge is -2.30. The lowest BCUT2D eigenvalue weighted by molar-refractivity contribution is -0.384. The predicted molar refractivity (Wildman–Crippen MR) is 81.5 cm³/mol. The summed E-state index contributed by atoms with van der Waals surface area (Å²) < 4.78 is 13.5. The number of rotatable bonds is 5. The van der Waals surface area contributed by atoms with E-state index in [0.717, 1.165) is 38.5 Å². The number of nitro benzene ring substituents is 1. The molecule has 1 aromatic rings. The van der Waals surface area contributed by atoms with Crippen molar-refractivity contribution in [2.75, 3.05) is 31.1 Å². The minimum absolute atomic E-state index is 0.0839. The van der Waals surface area contributed by atoms with Gasteiger partial charge in [-0.3, -0.25) is 10.1 Å². The van der Waals surface area contributed by atoms with E-state index in [1.165, 1.54) is 6.07 Å². The summed E-state index contributed by atoms with van der Waals surface area (Å²) in [5.41, 5.74) is 0.167. The van der Waals surface area contributed by atoms with Crippen molar-refractivity contribution in [3.05, 3.63) is 33.1 Å². The quantitative estimate of drug-likeness (QED) is 0.669. The minimum Gasteiger partial charge on any atom is -0.366 e. The third-order valence-electron chi connectivity index (χ3n) is 3.87. The molecule has 0 saturated carbocycles. The zero-order chi connectivity index (χ0) is 15.4. The van der Waals surface area contributed by atoms with Crippen molar-refractivity contribution >= 4 is 23.0 Å². The highest BCUT2D eigenvalue weighted by Gasteiger charge is 2.24. The average Bonchev–Trinajstić information content (AvgIpc) is 2.48. The fourth-order valence-electron chi connectivity index (χ4n) is 2.70. The van der Waals surface area contributed by atoms with Gasteiger partial charge in [-0.1, -0.05) is 11.6 Å². The molecule has 0 spiro atoms. The maximum absolute atomic E-state index is 13.5. The molecule has 1 saturated heterocycles. The first-order valence-electron chi connectivity index (χ1n) is 7.12. The average molecular weight is 316 g/mol. The Balaban J connectivity index is 2.27. The summed E-state index contributed by atoms with van der Waals surface area (Å²) in [7, 11) is 0. The first-order chi connectivity index (χ1) is 10.0. The van der Waals surface area contributed by atoms with Gasteiger partial charge in [0.25, 0.3) is 5.69 Å². The van der Waals surface area contributed by atoms with Crippen LogP contribution in [-0.2, 0) is 0 Å². The van der Waals surface area contributed by atoms with E-state index in [4.69, 9.17) is 11.6 Å². The second-order valence-corrected chi connectivity index (χ2v) is 5.65. The molecule has 0 radical (unpaired) electrons. The van der Waals surface area contributed by atoms with Gasteiger partial charge in [0, 0.05) is 13.1 Å². The van der Waals surface area contributed by atoms with Crippen molar-refractivity contribution in [2.45, 2.75) is 19.8 Å². The van der Waals surface area contributed by atoms with Gasteiger partial charge in [0.05, 0.1) is 16.0 Å². The number of anilines is 1. The van der Waals surface area contributed by atoms with Crippen LogP contribution in [0.2, 0.25) is 5.02 Å². The van der Waals surface area contributed by atoms with Gasteiger partial charge in [-0.05, 0) is 44.8 Å². The zero-order valence-corrected chi connectivity index (χ0v) is 12.7. The molecule has 0 amide bonds. The van der Waals surface area contributed by atoms with E-state index < -0.39 is 10.7 Å². The molecule has 7 heteroatoms. The fraction of sp³-hybridized carbons (Fsp3) is 0.571. The van der Waals surface area contributed by atoms with E-state index >= 15 is 0 Å². The molecule has 1 aromatic carbocycles. The molecule has 0 aromatic heterocycles. The second kappa shape index (κ2) is 7.04. The van der Waals surface area contributed by atoms with E-state index in [1.54, 1.807) is 0 Å². The van der Waals surface area contributed by atoms with Crippen LogP contribution in [0.4, 0.5) is 15.8 Å². The molecule has 21 heavy (non-hydrogen) atoms. The van der Waals surface area contributed by atoms with Crippen molar-refractivity contribution < 1.29 is 9.31 Å². The summed E-state index contributed by atoms with van der Waals surface area (Å²) in [5, 5.41) is 14.4. The van der Waals surface area contributed by atoms with Gasteiger partial charge in [0.1, 0.15) is 11.5 Å². The molecule has 5 nitrogen and oxygen atoms in total. The highest BCUT2D eigenvalue weighted by Crippen LogP contribution is 2.34. The maximum atomic E-state index is 13.5. The van der Waals surface area contributed by atoms with Crippen LogP contribution in [-0.4, -0.2) is 31.1 Å². The van der Waals surface area contributed by atoms with Gasteiger partial charge in [-0.25, -0.2) is 4.39 Å². The van der Waals surface area contributed by atoms with Gasteiger partial charge in [0.15, 0.2) is 0 Å². The number of hydrogen-bond acceptors (Lipinski definition) is 4. The van der Waals surface area contributed by atoms with Crippen LogP contribution in [0.1, 0.15) is 19.8 Å². The molecule has 0 unspecified atom stereocenters. The van der Waals surface area contributed by atoms with Gasteiger partial charge in [-0.15, -0.1) is 0 Å². The third-order valence-corrected chi connectivity index (χ3v) is 4.16. The molecule has 116 valence electrons. The molecular weight excluding hydrogens is 297 g/mol. The summed E-state index contributed by atoms with van der Waals surface area (Å²) in [6, 6.07) is 2.27. The SMILES string of the molecule is CCN(CC1CCNCC1)c1cc(Cl)c(F)cc1[N+](=O)[O-]. The van der Waals surface area contributed by atoms with Crippen molar-refractivity contribution in [1.82, 2.24) is 5.32 Å². The second-order valence-electron chi connectivity index (χ2n) is 5.24. The van der Waals surface area contributed by atoms with Crippen LogP contribution in [0.15, 0.2) is 12.1 Å². The predicted octanol–water partition coefficient (Wildman–Crippen LogP) is 3.21. The maximum Gasteiger partial charge on any atom is 0.295 e. The monoisotopic (exact) mass is 315 g/mol. The summed E-state index contributed by atoms with van der Waals surface area (Å²) in [6.07, 6.45) is 2.08.